The molecule has 2 N–H and O–H groups in total. The lowest BCUT2D eigenvalue weighted by molar-refractivity contribution is 0.567. The zero-order chi connectivity index (χ0) is 9.84. The van der Waals surface area contributed by atoms with Crippen LogP contribution in [-0.4, -0.2) is 31.8 Å². The van der Waals surface area contributed by atoms with Crippen LogP contribution in [0.15, 0.2) is 18.5 Å². The zero-order valence-corrected chi connectivity index (χ0v) is 8.28. The summed E-state index contributed by atoms with van der Waals surface area (Å²) in [7, 11) is 5.89. The molecule has 0 aliphatic rings. The molecule has 1 aromatic rings. The first kappa shape index (κ1) is 9.64. The Kier molecular flexibility index (Phi) is 2.95. The molecule has 1 heterocycles. The van der Waals surface area contributed by atoms with Crippen molar-refractivity contribution in [2.24, 2.45) is 0 Å². The molecule has 68 valence electrons. The number of hydrogen-bond donors (Lipinski definition) is 1. The molecule has 0 saturated carbocycles. The Labute approximate surface area is 79.7 Å². The third-order valence-corrected chi connectivity index (χ3v) is 1.62. The number of aromatic nitrogens is 1. The summed E-state index contributed by atoms with van der Waals surface area (Å²) in [6.07, 6.45) is 5.63. The predicted octanol–water partition coefficient (Wildman–Crippen LogP) is -0.545. The largest absolute Gasteiger partial charge is 0.397 e. The van der Waals surface area contributed by atoms with E-state index in [2.05, 4.69) is 4.98 Å². The van der Waals surface area contributed by atoms with E-state index in [1.165, 1.54) is 0 Å². The number of nitrogens with two attached hydrogens (primary N) is 1. The van der Waals surface area contributed by atoms with Gasteiger partial charge in [0.25, 0.3) is 0 Å². The molecule has 0 aliphatic carbocycles. The summed E-state index contributed by atoms with van der Waals surface area (Å²) in [5.74, 6) is 0. The van der Waals surface area contributed by atoms with Gasteiger partial charge in [-0.3, -0.25) is 4.98 Å². The van der Waals surface area contributed by atoms with E-state index in [0.29, 0.717) is 0 Å². The van der Waals surface area contributed by atoms with Crippen LogP contribution in [0, 0.1) is 0 Å². The number of rotatable bonds is 2. The highest BCUT2D eigenvalue weighted by Crippen LogP contribution is 2.07. The van der Waals surface area contributed by atoms with Crippen LogP contribution in [0.1, 0.15) is 5.69 Å². The number of pyridine rings is 1. The summed E-state index contributed by atoms with van der Waals surface area (Å²) in [5, 5.41) is 0. The second-order valence-electron chi connectivity index (χ2n) is 3.27. The molecule has 0 amide bonds. The number of hydrogen-bond acceptors (Lipinski definition) is 3. The fourth-order valence-corrected chi connectivity index (χ4v) is 0.961. The molecule has 0 atom stereocenters. The van der Waals surface area contributed by atoms with Gasteiger partial charge in [-0.15, -0.1) is 0 Å². The van der Waals surface area contributed by atoms with Gasteiger partial charge in [0.2, 0.25) is 0 Å². The lowest BCUT2D eigenvalue weighted by Gasteiger charge is -2.04. The summed E-state index contributed by atoms with van der Waals surface area (Å²) < 4.78 is 0. The van der Waals surface area contributed by atoms with Gasteiger partial charge in [0.05, 0.1) is 11.4 Å². The van der Waals surface area contributed by atoms with Crippen molar-refractivity contribution in [3.63, 3.8) is 0 Å². The van der Waals surface area contributed by atoms with Gasteiger partial charge in [0.1, 0.15) is 7.85 Å². The molecule has 0 radical (unpaired) electrons. The average Bonchev–Trinajstić information content (AvgIpc) is 2.02. The van der Waals surface area contributed by atoms with Crippen molar-refractivity contribution in [2.45, 2.75) is 0 Å². The second kappa shape index (κ2) is 3.98. The molecule has 0 aliphatic heterocycles. The van der Waals surface area contributed by atoms with E-state index in [0.717, 1.165) is 16.8 Å². The maximum Gasteiger partial charge on any atom is 0.141 e. The Bertz CT molecular complexity index is 321. The Hall–Kier alpha value is -1.45. The van der Waals surface area contributed by atoms with Crippen molar-refractivity contribution < 1.29 is 0 Å². The molecular weight excluding hydrogens is 161 g/mol. The molecule has 0 bridgehead atoms. The van der Waals surface area contributed by atoms with Crippen LogP contribution < -0.4 is 11.2 Å². The molecule has 0 aromatic carbocycles. The molecule has 1 rings (SSSR count). The van der Waals surface area contributed by atoms with Crippen LogP contribution in [0.2, 0.25) is 0 Å². The van der Waals surface area contributed by atoms with Crippen LogP contribution in [-0.2, 0) is 0 Å². The first-order chi connectivity index (χ1) is 6.09. The minimum Gasteiger partial charge on any atom is -0.397 e. The van der Waals surface area contributed by atoms with Crippen molar-refractivity contribution in [1.82, 2.24) is 9.88 Å². The van der Waals surface area contributed by atoms with Gasteiger partial charge >= 0.3 is 0 Å². The van der Waals surface area contributed by atoms with Gasteiger partial charge in [-0.25, -0.2) is 0 Å². The summed E-state index contributed by atoms with van der Waals surface area (Å²) in [6, 6.07) is 1.92. The standard InChI is InChI=1S/C9H14BN3/c1-13(2)4-3-9-8(11)5-7(10)6-12-9/h3-6H,10-11H2,1-2H3/b4-3+. The lowest BCUT2D eigenvalue weighted by atomic mass is 9.98. The van der Waals surface area contributed by atoms with Crippen LogP contribution in [0.4, 0.5) is 5.69 Å². The van der Waals surface area contributed by atoms with Crippen molar-refractivity contribution in [2.75, 3.05) is 19.8 Å². The third-order valence-electron chi connectivity index (χ3n) is 1.62. The second-order valence-corrected chi connectivity index (χ2v) is 3.27. The van der Waals surface area contributed by atoms with Gasteiger partial charge in [0.15, 0.2) is 0 Å². The quantitative estimate of drug-likeness (QED) is 0.613. The topological polar surface area (TPSA) is 42.2 Å². The van der Waals surface area contributed by atoms with Crippen molar-refractivity contribution in [1.29, 1.82) is 0 Å². The van der Waals surface area contributed by atoms with E-state index in [-0.39, 0.29) is 0 Å². The Morgan fingerprint density at radius 2 is 2.23 bits per heavy atom. The number of anilines is 1. The maximum atomic E-state index is 5.78. The van der Waals surface area contributed by atoms with Gasteiger partial charge < -0.3 is 10.6 Å². The summed E-state index contributed by atoms with van der Waals surface area (Å²) in [6.45, 7) is 0. The van der Waals surface area contributed by atoms with Crippen molar-refractivity contribution in [3.05, 3.63) is 24.2 Å². The van der Waals surface area contributed by atoms with Crippen LogP contribution in [0.25, 0.3) is 6.08 Å². The molecule has 3 nitrogen and oxygen atoms in total. The Balaban J connectivity index is 2.90. The summed E-state index contributed by atoms with van der Waals surface area (Å²) >= 11 is 0. The smallest absolute Gasteiger partial charge is 0.141 e. The molecule has 13 heavy (non-hydrogen) atoms. The lowest BCUT2D eigenvalue weighted by Crippen LogP contribution is -2.07. The number of nitrogens with zero attached hydrogens (tertiary/aromatic N) is 2. The predicted molar refractivity (Wildman–Crippen MR) is 59.5 cm³/mol. The molecule has 4 heteroatoms. The van der Waals surface area contributed by atoms with E-state index in [1.807, 2.05) is 51.4 Å². The first-order valence-corrected chi connectivity index (χ1v) is 4.16. The Morgan fingerprint density at radius 3 is 2.77 bits per heavy atom. The highest BCUT2D eigenvalue weighted by atomic mass is 15.0. The van der Waals surface area contributed by atoms with Gasteiger partial charge in [-0.1, -0.05) is 5.46 Å². The minimum atomic E-state index is 0.720. The van der Waals surface area contributed by atoms with E-state index in [9.17, 15) is 0 Å². The summed E-state index contributed by atoms with van der Waals surface area (Å²) in [5.41, 5.74) is 8.40. The van der Waals surface area contributed by atoms with Crippen molar-refractivity contribution >= 4 is 25.1 Å². The zero-order valence-electron chi connectivity index (χ0n) is 8.28. The van der Waals surface area contributed by atoms with E-state index >= 15 is 0 Å². The molecule has 1 aromatic heterocycles. The monoisotopic (exact) mass is 175 g/mol. The van der Waals surface area contributed by atoms with Gasteiger partial charge in [-0.05, 0) is 12.1 Å². The molecule has 0 saturated heterocycles. The Morgan fingerprint density at radius 1 is 1.54 bits per heavy atom. The van der Waals surface area contributed by atoms with Crippen molar-refractivity contribution in [3.8, 4) is 0 Å². The van der Waals surface area contributed by atoms with E-state index < -0.39 is 0 Å². The summed E-state index contributed by atoms with van der Waals surface area (Å²) in [4.78, 5) is 6.16. The third kappa shape index (κ3) is 2.82. The van der Waals surface area contributed by atoms with Gasteiger partial charge in [0, 0.05) is 26.5 Å². The fraction of sp³-hybridized carbons (Fsp3) is 0.222. The molecular formula is C9H14BN3. The van der Waals surface area contributed by atoms with Crippen LogP contribution in [0.3, 0.4) is 0 Å². The first-order valence-electron chi connectivity index (χ1n) is 4.16. The minimum absolute atomic E-state index is 0.720. The van der Waals surface area contributed by atoms with E-state index in [1.54, 1.807) is 0 Å². The number of nitrogen functional groups attached to an aromatic ring is 1. The fourth-order valence-electron chi connectivity index (χ4n) is 0.961. The highest BCUT2D eigenvalue weighted by Gasteiger charge is 1.95. The van der Waals surface area contributed by atoms with Crippen LogP contribution in [0.5, 0.6) is 0 Å². The van der Waals surface area contributed by atoms with Crippen LogP contribution >= 0.6 is 0 Å². The SMILES string of the molecule is Bc1cnc(/C=C/N(C)C)c(N)c1. The molecule has 0 spiro atoms. The average molecular weight is 175 g/mol. The highest BCUT2D eigenvalue weighted by molar-refractivity contribution is 6.32. The maximum absolute atomic E-state index is 5.78. The van der Waals surface area contributed by atoms with E-state index in [4.69, 9.17) is 5.73 Å². The molecule has 0 fully saturated rings. The molecule has 0 unspecified atom stereocenters. The normalized spacial score (nSPS) is 10.6. The van der Waals surface area contributed by atoms with Gasteiger partial charge in [-0.2, -0.15) is 0 Å².